The van der Waals surface area contributed by atoms with Crippen LogP contribution in [0, 0.1) is 5.92 Å². The highest BCUT2D eigenvalue weighted by Crippen LogP contribution is 2.22. The van der Waals surface area contributed by atoms with Crippen LogP contribution in [0.2, 0.25) is 0 Å². The van der Waals surface area contributed by atoms with Gasteiger partial charge < -0.3 is 10.2 Å². The molecule has 0 aromatic carbocycles. The fraction of sp³-hybridized carbons (Fsp3) is 0.714. The Hall–Kier alpha value is -2.13. The van der Waals surface area contributed by atoms with Gasteiger partial charge in [0, 0.05) is 19.6 Å². The summed E-state index contributed by atoms with van der Waals surface area (Å²) in [6, 6.07) is 0. The number of aromatic nitrogens is 3. The smallest absolute Gasteiger partial charge is 0.340 e. The number of carbonyl (C=O) groups is 2. The minimum absolute atomic E-state index is 0.138. The minimum Gasteiger partial charge on any atom is -0.340 e. The molecule has 1 aliphatic heterocycles. The summed E-state index contributed by atoms with van der Waals surface area (Å²) in [6.45, 7) is 4.00. The molecule has 0 spiro atoms. The Balaban J connectivity index is 1.98. The van der Waals surface area contributed by atoms with Crippen molar-refractivity contribution in [1.82, 2.24) is 25.0 Å². The molecule has 134 valence electrons. The number of hydrogen-bond acceptors (Lipinski definition) is 4. The summed E-state index contributed by atoms with van der Waals surface area (Å²) in [6.07, 6.45) is -0.391. The molecule has 24 heavy (non-hydrogen) atoms. The average Bonchev–Trinajstić information content (AvgIpc) is 2.98. The monoisotopic (exact) mass is 347 g/mol. The minimum atomic E-state index is -5.02. The zero-order valence-corrected chi connectivity index (χ0v) is 13.5. The maximum atomic E-state index is 12.5. The van der Waals surface area contributed by atoms with Crippen molar-refractivity contribution in [1.29, 1.82) is 0 Å². The van der Waals surface area contributed by atoms with Gasteiger partial charge in [0.05, 0.1) is 0 Å². The second-order valence-corrected chi connectivity index (χ2v) is 6.45. The zero-order valence-electron chi connectivity index (χ0n) is 13.5. The van der Waals surface area contributed by atoms with Gasteiger partial charge >= 0.3 is 12.1 Å². The van der Waals surface area contributed by atoms with Gasteiger partial charge in [-0.05, 0) is 32.6 Å². The van der Waals surface area contributed by atoms with Crippen LogP contribution in [0.4, 0.5) is 13.2 Å². The Labute approximate surface area is 137 Å². The molecule has 10 heteroatoms. The maximum absolute atomic E-state index is 12.5. The van der Waals surface area contributed by atoms with Crippen molar-refractivity contribution in [2.75, 3.05) is 13.1 Å². The molecule has 1 aliphatic rings. The number of carbonyl (C=O) groups excluding carboxylic acids is 2. The first-order chi connectivity index (χ1) is 11.1. The SMILES string of the molecule is CC(C)(NC(=O)C(F)(F)F)C(=O)N1CCC[C@@H](Cn2cncn2)C1. The van der Waals surface area contributed by atoms with Crippen LogP contribution >= 0.6 is 0 Å². The molecule has 1 atom stereocenters. The Bertz CT molecular complexity index is 586. The molecule has 0 unspecified atom stereocenters. The Morgan fingerprint density at radius 2 is 2.04 bits per heavy atom. The molecule has 0 radical (unpaired) electrons. The Morgan fingerprint density at radius 1 is 1.33 bits per heavy atom. The standard InChI is InChI=1S/C14H20F3N5O2/c1-13(2,20-11(23)14(15,16)17)12(24)21-5-3-4-10(6-21)7-22-9-18-8-19-22/h8-10H,3-7H2,1-2H3,(H,20,23)/t10-/m1/s1. The van der Waals surface area contributed by atoms with Crippen molar-refractivity contribution in [3.8, 4) is 0 Å². The van der Waals surface area contributed by atoms with Gasteiger partial charge in [-0.3, -0.25) is 14.3 Å². The topological polar surface area (TPSA) is 80.1 Å². The van der Waals surface area contributed by atoms with Crippen molar-refractivity contribution in [2.24, 2.45) is 5.92 Å². The van der Waals surface area contributed by atoms with Gasteiger partial charge in [-0.15, -0.1) is 0 Å². The number of amides is 2. The van der Waals surface area contributed by atoms with E-state index in [0.717, 1.165) is 12.8 Å². The van der Waals surface area contributed by atoms with E-state index in [4.69, 9.17) is 0 Å². The highest BCUT2D eigenvalue weighted by molar-refractivity contribution is 5.92. The van der Waals surface area contributed by atoms with E-state index in [1.165, 1.54) is 25.1 Å². The van der Waals surface area contributed by atoms with Crippen LogP contribution in [0.5, 0.6) is 0 Å². The third-order valence-corrected chi connectivity index (χ3v) is 3.94. The number of rotatable bonds is 4. The predicted octanol–water partition coefficient (Wildman–Crippen LogP) is 0.974. The number of hydrogen-bond donors (Lipinski definition) is 1. The maximum Gasteiger partial charge on any atom is 0.471 e. The molecular weight excluding hydrogens is 327 g/mol. The molecule has 7 nitrogen and oxygen atoms in total. The number of nitrogens with one attached hydrogen (secondary N) is 1. The number of piperidine rings is 1. The lowest BCUT2D eigenvalue weighted by Gasteiger charge is -2.38. The molecule has 1 fully saturated rings. The fourth-order valence-electron chi connectivity index (χ4n) is 2.79. The van der Waals surface area contributed by atoms with Crippen LogP contribution in [-0.4, -0.2) is 56.3 Å². The highest BCUT2D eigenvalue weighted by Gasteiger charge is 2.44. The summed E-state index contributed by atoms with van der Waals surface area (Å²) in [5.74, 6) is -2.50. The van der Waals surface area contributed by atoms with Gasteiger partial charge in [0.1, 0.15) is 18.2 Å². The van der Waals surface area contributed by atoms with Crippen LogP contribution in [0.25, 0.3) is 0 Å². The summed E-state index contributed by atoms with van der Waals surface area (Å²) >= 11 is 0. The third-order valence-electron chi connectivity index (χ3n) is 3.94. The fourth-order valence-corrected chi connectivity index (χ4v) is 2.79. The van der Waals surface area contributed by atoms with Crippen LogP contribution in [0.3, 0.4) is 0 Å². The first-order valence-electron chi connectivity index (χ1n) is 7.61. The molecule has 2 amide bonds. The van der Waals surface area contributed by atoms with Crippen LogP contribution in [-0.2, 0) is 16.1 Å². The van der Waals surface area contributed by atoms with Gasteiger partial charge in [-0.2, -0.15) is 18.3 Å². The lowest BCUT2D eigenvalue weighted by Crippen LogP contribution is -2.59. The van der Waals surface area contributed by atoms with E-state index in [0.29, 0.717) is 19.6 Å². The molecule has 1 aromatic heterocycles. The normalized spacial score (nSPS) is 19.2. The van der Waals surface area contributed by atoms with Crippen molar-refractivity contribution < 1.29 is 22.8 Å². The second kappa shape index (κ2) is 6.78. The first kappa shape index (κ1) is 18.2. The van der Waals surface area contributed by atoms with Gasteiger partial charge in [0.25, 0.3) is 0 Å². The molecule has 0 aliphatic carbocycles. The van der Waals surface area contributed by atoms with Crippen molar-refractivity contribution in [3.05, 3.63) is 12.7 Å². The van der Waals surface area contributed by atoms with Crippen molar-refractivity contribution in [2.45, 2.75) is 44.9 Å². The summed E-state index contributed by atoms with van der Waals surface area (Å²) in [7, 11) is 0. The molecule has 1 aromatic rings. The van der Waals surface area contributed by atoms with Crippen LogP contribution in [0.15, 0.2) is 12.7 Å². The molecule has 1 N–H and O–H groups in total. The van der Waals surface area contributed by atoms with Gasteiger partial charge in [-0.25, -0.2) is 4.98 Å². The van der Waals surface area contributed by atoms with E-state index in [2.05, 4.69) is 10.1 Å². The van der Waals surface area contributed by atoms with Crippen LogP contribution in [0.1, 0.15) is 26.7 Å². The van der Waals surface area contributed by atoms with E-state index >= 15 is 0 Å². The number of alkyl halides is 3. The Kier molecular flexibility index (Phi) is 5.14. The largest absolute Gasteiger partial charge is 0.471 e. The third kappa shape index (κ3) is 4.45. The number of halogens is 3. The molecule has 2 heterocycles. The summed E-state index contributed by atoms with van der Waals surface area (Å²) in [5.41, 5.74) is -1.62. The molecule has 1 saturated heterocycles. The number of likely N-dealkylation sites (tertiary alicyclic amines) is 1. The van der Waals surface area contributed by atoms with E-state index in [1.54, 1.807) is 16.3 Å². The van der Waals surface area contributed by atoms with E-state index in [9.17, 15) is 22.8 Å². The van der Waals surface area contributed by atoms with E-state index < -0.39 is 23.5 Å². The number of nitrogens with zero attached hydrogens (tertiary/aromatic N) is 4. The van der Waals surface area contributed by atoms with Gasteiger partial charge in [-0.1, -0.05) is 0 Å². The summed E-state index contributed by atoms with van der Waals surface area (Å²) in [5, 5.41) is 5.79. The molecule has 2 rings (SSSR count). The van der Waals surface area contributed by atoms with Crippen molar-refractivity contribution in [3.63, 3.8) is 0 Å². The first-order valence-corrected chi connectivity index (χ1v) is 7.61. The van der Waals surface area contributed by atoms with E-state index in [-0.39, 0.29) is 5.92 Å². The van der Waals surface area contributed by atoms with E-state index in [1.807, 2.05) is 0 Å². The Morgan fingerprint density at radius 3 is 2.62 bits per heavy atom. The van der Waals surface area contributed by atoms with Crippen LogP contribution < -0.4 is 5.32 Å². The summed E-state index contributed by atoms with van der Waals surface area (Å²) < 4.78 is 38.9. The van der Waals surface area contributed by atoms with Gasteiger partial charge in [0.2, 0.25) is 5.91 Å². The zero-order chi connectivity index (χ0) is 18.0. The van der Waals surface area contributed by atoms with Gasteiger partial charge in [0.15, 0.2) is 0 Å². The molecule has 0 saturated carbocycles. The lowest BCUT2D eigenvalue weighted by molar-refractivity contribution is -0.176. The summed E-state index contributed by atoms with van der Waals surface area (Å²) in [4.78, 5) is 29.0. The average molecular weight is 347 g/mol. The predicted molar refractivity (Wildman–Crippen MR) is 77.6 cm³/mol. The lowest BCUT2D eigenvalue weighted by atomic mass is 9.95. The second-order valence-electron chi connectivity index (χ2n) is 6.45. The quantitative estimate of drug-likeness (QED) is 0.880. The molecule has 0 bridgehead atoms. The highest BCUT2D eigenvalue weighted by atomic mass is 19.4. The van der Waals surface area contributed by atoms with Crippen molar-refractivity contribution >= 4 is 11.8 Å². The molecular formula is C14H20F3N5O2.